The Hall–Kier alpha value is -2.36. The highest BCUT2D eigenvalue weighted by Crippen LogP contribution is 2.20. The van der Waals surface area contributed by atoms with Crippen molar-refractivity contribution in [3.8, 4) is 5.75 Å². The van der Waals surface area contributed by atoms with Crippen molar-refractivity contribution < 1.29 is 9.90 Å². The third-order valence-corrected chi connectivity index (χ3v) is 2.70. The van der Waals surface area contributed by atoms with Gasteiger partial charge in [-0.3, -0.25) is 4.79 Å². The van der Waals surface area contributed by atoms with Crippen LogP contribution in [0.2, 0.25) is 0 Å². The Morgan fingerprint density at radius 1 is 1.17 bits per heavy atom. The minimum atomic E-state index is -0.285. The summed E-state index contributed by atoms with van der Waals surface area (Å²) in [6.45, 7) is 3.87. The number of anilines is 1. The zero-order chi connectivity index (χ0) is 13.1. The summed E-state index contributed by atoms with van der Waals surface area (Å²) < 4.78 is 0. The minimum Gasteiger partial charge on any atom is -0.506 e. The van der Waals surface area contributed by atoms with Gasteiger partial charge in [-0.15, -0.1) is 0 Å². The van der Waals surface area contributed by atoms with E-state index in [0.717, 1.165) is 16.8 Å². The molecule has 1 aromatic heterocycles. The van der Waals surface area contributed by atoms with E-state index in [-0.39, 0.29) is 17.4 Å². The number of pyridine rings is 1. The monoisotopic (exact) mass is 242 g/mol. The van der Waals surface area contributed by atoms with Crippen molar-refractivity contribution in [2.75, 3.05) is 5.32 Å². The molecule has 0 saturated carbocycles. The van der Waals surface area contributed by atoms with Crippen LogP contribution in [-0.2, 0) is 0 Å². The van der Waals surface area contributed by atoms with E-state index < -0.39 is 0 Å². The lowest BCUT2D eigenvalue weighted by Gasteiger charge is -2.10. The molecule has 4 heteroatoms. The molecule has 0 unspecified atom stereocenters. The molecule has 92 valence electrons. The van der Waals surface area contributed by atoms with Crippen LogP contribution in [0.15, 0.2) is 36.5 Å². The SMILES string of the molecule is Cc1cccc(C)c1NC(=O)c1ccc(O)cn1. The molecular weight excluding hydrogens is 228 g/mol. The number of amides is 1. The second kappa shape index (κ2) is 4.87. The molecule has 2 rings (SSSR count). The molecule has 1 heterocycles. The van der Waals surface area contributed by atoms with Crippen molar-refractivity contribution in [3.63, 3.8) is 0 Å². The summed E-state index contributed by atoms with van der Waals surface area (Å²) in [5.41, 5.74) is 3.08. The third kappa shape index (κ3) is 2.48. The molecule has 0 spiro atoms. The highest BCUT2D eigenvalue weighted by molar-refractivity contribution is 6.03. The van der Waals surface area contributed by atoms with E-state index in [1.54, 1.807) is 0 Å². The van der Waals surface area contributed by atoms with Gasteiger partial charge in [0.15, 0.2) is 0 Å². The number of nitrogens with zero attached hydrogens (tertiary/aromatic N) is 1. The summed E-state index contributed by atoms with van der Waals surface area (Å²) in [6, 6.07) is 8.74. The second-order valence-corrected chi connectivity index (χ2v) is 4.12. The maximum absolute atomic E-state index is 12.0. The van der Waals surface area contributed by atoms with Crippen LogP contribution in [0, 0.1) is 13.8 Å². The lowest BCUT2D eigenvalue weighted by Crippen LogP contribution is -2.15. The van der Waals surface area contributed by atoms with Crippen molar-refractivity contribution in [1.29, 1.82) is 0 Å². The summed E-state index contributed by atoms with van der Waals surface area (Å²) in [7, 11) is 0. The predicted octanol–water partition coefficient (Wildman–Crippen LogP) is 2.66. The number of hydrogen-bond acceptors (Lipinski definition) is 3. The van der Waals surface area contributed by atoms with E-state index in [4.69, 9.17) is 5.11 Å². The van der Waals surface area contributed by atoms with Gasteiger partial charge in [-0.05, 0) is 37.1 Å². The smallest absolute Gasteiger partial charge is 0.274 e. The molecule has 0 saturated heterocycles. The summed E-state index contributed by atoms with van der Waals surface area (Å²) in [5, 5.41) is 12.0. The van der Waals surface area contributed by atoms with Gasteiger partial charge in [-0.1, -0.05) is 18.2 Å². The zero-order valence-corrected chi connectivity index (χ0v) is 10.3. The Labute approximate surface area is 105 Å². The molecule has 1 amide bonds. The lowest BCUT2D eigenvalue weighted by atomic mass is 10.1. The normalized spacial score (nSPS) is 10.1. The first-order chi connectivity index (χ1) is 8.58. The molecule has 0 bridgehead atoms. The first-order valence-corrected chi connectivity index (χ1v) is 5.60. The molecule has 2 N–H and O–H groups in total. The van der Waals surface area contributed by atoms with Crippen molar-refractivity contribution in [1.82, 2.24) is 4.98 Å². The Kier molecular flexibility index (Phi) is 3.28. The Bertz CT molecular complexity index is 557. The summed E-state index contributed by atoms with van der Waals surface area (Å²) in [5.74, 6) is -0.244. The van der Waals surface area contributed by atoms with Gasteiger partial charge in [-0.2, -0.15) is 0 Å². The second-order valence-electron chi connectivity index (χ2n) is 4.12. The Morgan fingerprint density at radius 3 is 2.39 bits per heavy atom. The largest absolute Gasteiger partial charge is 0.506 e. The van der Waals surface area contributed by atoms with Crippen LogP contribution in [0.5, 0.6) is 5.75 Å². The molecule has 0 aliphatic heterocycles. The topological polar surface area (TPSA) is 62.2 Å². The van der Waals surface area contributed by atoms with Gasteiger partial charge in [0.05, 0.1) is 6.20 Å². The zero-order valence-electron chi connectivity index (χ0n) is 10.3. The molecule has 0 aliphatic rings. The predicted molar refractivity (Wildman–Crippen MR) is 69.8 cm³/mol. The number of para-hydroxylation sites is 1. The van der Waals surface area contributed by atoms with Gasteiger partial charge in [0, 0.05) is 5.69 Å². The van der Waals surface area contributed by atoms with E-state index in [2.05, 4.69) is 10.3 Å². The van der Waals surface area contributed by atoms with Crippen LogP contribution < -0.4 is 5.32 Å². The Morgan fingerprint density at radius 2 is 1.83 bits per heavy atom. The molecule has 0 fully saturated rings. The quantitative estimate of drug-likeness (QED) is 0.851. The van der Waals surface area contributed by atoms with Crippen LogP contribution in [0.3, 0.4) is 0 Å². The number of benzene rings is 1. The van der Waals surface area contributed by atoms with E-state index in [0.29, 0.717) is 0 Å². The van der Waals surface area contributed by atoms with Crippen LogP contribution >= 0.6 is 0 Å². The van der Waals surface area contributed by atoms with Crippen LogP contribution in [0.25, 0.3) is 0 Å². The number of aromatic hydroxyl groups is 1. The van der Waals surface area contributed by atoms with Crippen molar-refractivity contribution in [3.05, 3.63) is 53.3 Å². The number of rotatable bonds is 2. The fraction of sp³-hybridized carbons (Fsp3) is 0.143. The molecule has 4 nitrogen and oxygen atoms in total. The number of hydrogen-bond donors (Lipinski definition) is 2. The highest BCUT2D eigenvalue weighted by Gasteiger charge is 2.10. The number of aromatic nitrogens is 1. The van der Waals surface area contributed by atoms with Crippen molar-refractivity contribution in [2.45, 2.75) is 13.8 Å². The van der Waals surface area contributed by atoms with Gasteiger partial charge in [0.25, 0.3) is 5.91 Å². The molecular formula is C14H14N2O2. The lowest BCUT2D eigenvalue weighted by molar-refractivity contribution is 0.102. The number of carbonyl (C=O) groups excluding carboxylic acids is 1. The summed E-state index contributed by atoms with van der Waals surface area (Å²) in [4.78, 5) is 15.8. The van der Waals surface area contributed by atoms with E-state index in [9.17, 15) is 4.79 Å². The standard InChI is InChI=1S/C14H14N2O2/c1-9-4-3-5-10(2)13(9)16-14(18)12-7-6-11(17)8-15-12/h3-8,17H,1-2H3,(H,16,18). The van der Waals surface area contributed by atoms with Gasteiger partial charge >= 0.3 is 0 Å². The fourth-order valence-electron chi connectivity index (χ4n) is 1.71. The molecule has 0 atom stereocenters. The molecule has 0 aliphatic carbocycles. The van der Waals surface area contributed by atoms with Crippen molar-refractivity contribution in [2.24, 2.45) is 0 Å². The average Bonchev–Trinajstić information content (AvgIpc) is 2.34. The fourth-order valence-corrected chi connectivity index (χ4v) is 1.71. The summed E-state index contributed by atoms with van der Waals surface area (Å²) >= 11 is 0. The summed E-state index contributed by atoms with van der Waals surface area (Å²) in [6.07, 6.45) is 1.25. The van der Waals surface area contributed by atoms with Gasteiger partial charge in [0.1, 0.15) is 11.4 Å². The van der Waals surface area contributed by atoms with Crippen LogP contribution in [0.4, 0.5) is 5.69 Å². The first kappa shape index (κ1) is 12.1. The maximum atomic E-state index is 12.0. The van der Waals surface area contributed by atoms with E-state index in [1.165, 1.54) is 18.3 Å². The number of carbonyl (C=O) groups is 1. The van der Waals surface area contributed by atoms with Crippen molar-refractivity contribution >= 4 is 11.6 Å². The molecule has 1 aromatic carbocycles. The average molecular weight is 242 g/mol. The van der Waals surface area contributed by atoms with Crippen LogP contribution in [0.1, 0.15) is 21.6 Å². The van der Waals surface area contributed by atoms with Gasteiger partial charge in [0.2, 0.25) is 0 Å². The minimum absolute atomic E-state index is 0.0404. The third-order valence-electron chi connectivity index (χ3n) is 2.70. The molecule has 18 heavy (non-hydrogen) atoms. The number of aryl methyl sites for hydroxylation is 2. The highest BCUT2D eigenvalue weighted by atomic mass is 16.3. The van der Waals surface area contributed by atoms with Gasteiger partial charge in [-0.25, -0.2) is 4.98 Å². The number of nitrogens with one attached hydrogen (secondary N) is 1. The van der Waals surface area contributed by atoms with E-state index in [1.807, 2.05) is 32.0 Å². The van der Waals surface area contributed by atoms with Gasteiger partial charge < -0.3 is 10.4 Å². The maximum Gasteiger partial charge on any atom is 0.274 e. The van der Waals surface area contributed by atoms with Crippen LogP contribution in [-0.4, -0.2) is 16.0 Å². The first-order valence-electron chi connectivity index (χ1n) is 5.60. The molecule has 0 radical (unpaired) electrons. The Balaban J connectivity index is 2.24. The molecule has 2 aromatic rings. The van der Waals surface area contributed by atoms with E-state index >= 15 is 0 Å².